The lowest BCUT2D eigenvalue weighted by atomic mass is 9.86. The fraction of sp³-hybridized carbons (Fsp3) is 0.185. The fourth-order valence-corrected chi connectivity index (χ4v) is 3.43. The summed E-state index contributed by atoms with van der Waals surface area (Å²) >= 11 is 0. The van der Waals surface area contributed by atoms with Gasteiger partial charge in [0.25, 0.3) is 0 Å². The van der Waals surface area contributed by atoms with Gasteiger partial charge in [-0.25, -0.2) is 4.79 Å². The van der Waals surface area contributed by atoms with Crippen LogP contribution in [0.3, 0.4) is 0 Å². The van der Waals surface area contributed by atoms with Crippen LogP contribution < -0.4 is 9.47 Å². The van der Waals surface area contributed by atoms with Gasteiger partial charge in [-0.15, -0.1) is 0 Å². The average Bonchev–Trinajstić information content (AvgIpc) is 3.02. The predicted molar refractivity (Wildman–Crippen MR) is 121 cm³/mol. The van der Waals surface area contributed by atoms with E-state index < -0.39 is 5.97 Å². The van der Waals surface area contributed by atoms with Gasteiger partial charge in [0.2, 0.25) is 5.78 Å². The van der Waals surface area contributed by atoms with Gasteiger partial charge in [-0.05, 0) is 53.3 Å². The number of benzene rings is 3. The first-order valence-electron chi connectivity index (χ1n) is 10.2. The molecule has 0 amide bonds. The average molecular weight is 412 g/mol. The summed E-state index contributed by atoms with van der Waals surface area (Å²) in [5.41, 5.74) is 3.95. The molecule has 0 radical (unpaired) electrons. The number of carbonyl (C=O) groups excluding carboxylic acids is 2. The summed E-state index contributed by atoms with van der Waals surface area (Å²) in [6, 6.07) is 20.1. The van der Waals surface area contributed by atoms with Crippen LogP contribution in [0.15, 0.2) is 72.5 Å². The molecule has 4 rings (SSSR count). The quantitative estimate of drug-likeness (QED) is 0.295. The molecule has 0 N–H and O–H groups in total. The minimum absolute atomic E-state index is 0.0632. The monoisotopic (exact) mass is 412 g/mol. The van der Waals surface area contributed by atoms with E-state index in [1.54, 1.807) is 36.4 Å². The maximum absolute atomic E-state index is 12.7. The van der Waals surface area contributed by atoms with Crippen molar-refractivity contribution in [2.75, 3.05) is 0 Å². The molecule has 1 aliphatic rings. The van der Waals surface area contributed by atoms with Gasteiger partial charge >= 0.3 is 5.97 Å². The summed E-state index contributed by atoms with van der Waals surface area (Å²) in [7, 11) is 0. The van der Waals surface area contributed by atoms with E-state index in [4.69, 9.17) is 9.47 Å². The third kappa shape index (κ3) is 4.29. The van der Waals surface area contributed by atoms with Gasteiger partial charge < -0.3 is 9.47 Å². The van der Waals surface area contributed by atoms with E-state index in [0.29, 0.717) is 22.6 Å². The van der Waals surface area contributed by atoms with Gasteiger partial charge in [0.1, 0.15) is 11.5 Å². The molecule has 0 atom stereocenters. The van der Waals surface area contributed by atoms with Gasteiger partial charge in [0.05, 0.1) is 11.1 Å². The SMILES string of the molecule is Cc1ccccc1C(=O)Oc1ccc2c(c1)O/C(=C/c1ccc(C(C)(C)C)cc1)C2=O. The zero-order valence-electron chi connectivity index (χ0n) is 18.1. The number of Topliss-reactive ketones (excluding diaryl/α,β-unsaturated/α-hetero) is 1. The molecule has 0 aliphatic carbocycles. The zero-order valence-corrected chi connectivity index (χ0v) is 18.1. The molecule has 0 unspecified atom stereocenters. The molecule has 4 heteroatoms. The van der Waals surface area contributed by atoms with Crippen LogP contribution in [-0.4, -0.2) is 11.8 Å². The van der Waals surface area contributed by atoms with Gasteiger partial charge in [0.15, 0.2) is 5.76 Å². The van der Waals surface area contributed by atoms with E-state index in [9.17, 15) is 9.59 Å². The number of fused-ring (bicyclic) bond motifs is 1. The largest absolute Gasteiger partial charge is 0.452 e. The van der Waals surface area contributed by atoms with Crippen molar-refractivity contribution in [2.45, 2.75) is 33.1 Å². The molecular weight excluding hydrogens is 388 g/mol. The van der Waals surface area contributed by atoms with Crippen LogP contribution in [0.4, 0.5) is 0 Å². The van der Waals surface area contributed by atoms with Crippen LogP contribution in [0.1, 0.15) is 58.2 Å². The Bertz CT molecular complexity index is 1190. The highest BCUT2D eigenvalue weighted by molar-refractivity contribution is 6.14. The van der Waals surface area contributed by atoms with Crippen molar-refractivity contribution in [3.8, 4) is 11.5 Å². The van der Waals surface area contributed by atoms with Crippen molar-refractivity contribution < 1.29 is 19.1 Å². The lowest BCUT2D eigenvalue weighted by molar-refractivity contribution is 0.0733. The van der Waals surface area contributed by atoms with Crippen LogP contribution in [0, 0.1) is 6.92 Å². The van der Waals surface area contributed by atoms with Gasteiger partial charge in [-0.3, -0.25) is 4.79 Å². The third-order valence-electron chi connectivity index (χ3n) is 5.29. The second-order valence-corrected chi connectivity index (χ2v) is 8.67. The number of esters is 1. The Morgan fingerprint density at radius 3 is 2.35 bits per heavy atom. The highest BCUT2D eigenvalue weighted by atomic mass is 16.5. The second-order valence-electron chi connectivity index (χ2n) is 8.67. The van der Waals surface area contributed by atoms with Crippen LogP contribution in [-0.2, 0) is 5.41 Å². The van der Waals surface area contributed by atoms with Crippen molar-refractivity contribution in [3.63, 3.8) is 0 Å². The minimum atomic E-state index is -0.447. The molecule has 4 nitrogen and oxygen atoms in total. The van der Waals surface area contributed by atoms with E-state index in [0.717, 1.165) is 11.1 Å². The molecule has 0 fully saturated rings. The molecule has 3 aromatic carbocycles. The maximum Gasteiger partial charge on any atom is 0.343 e. The molecule has 1 aliphatic heterocycles. The summed E-state index contributed by atoms with van der Waals surface area (Å²) in [5.74, 6) is 0.331. The number of aryl methyl sites for hydroxylation is 1. The number of hydrogen-bond donors (Lipinski definition) is 0. The van der Waals surface area contributed by atoms with Gasteiger partial charge in [0, 0.05) is 6.07 Å². The smallest absolute Gasteiger partial charge is 0.343 e. The van der Waals surface area contributed by atoms with Crippen LogP contribution in [0.5, 0.6) is 11.5 Å². The van der Waals surface area contributed by atoms with E-state index in [1.807, 2.05) is 31.2 Å². The molecule has 0 spiro atoms. The Morgan fingerprint density at radius 1 is 0.968 bits per heavy atom. The number of carbonyl (C=O) groups is 2. The van der Waals surface area contributed by atoms with E-state index in [-0.39, 0.29) is 17.0 Å². The number of hydrogen-bond acceptors (Lipinski definition) is 4. The van der Waals surface area contributed by atoms with Crippen molar-refractivity contribution in [1.29, 1.82) is 0 Å². The van der Waals surface area contributed by atoms with Crippen LogP contribution in [0.25, 0.3) is 6.08 Å². The van der Waals surface area contributed by atoms with E-state index >= 15 is 0 Å². The van der Waals surface area contributed by atoms with Crippen molar-refractivity contribution in [3.05, 3.63) is 100 Å². The predicted octanol–water partition coefficient (Wildman–Crippen LogP) is 6.13. The number of allylic oxidation sites excluding steroid dienone is 1. The second kappa shape index (κ2) is 7.88. The Kier molecular flexibility index (Phi) is 5.24. The first-order valence-corrected chi connectivity index (χ1v) is 10.2. The fourth-order valence-electron chi connectivity index (χ4n) is 3.43. The molecule has 0 saturated carbocycles. The Labute approximate surface area is 182 Å². The van der Waals surface area contributed by atoms with Gasteiger partial charge in [-0.2, -0.15) is 0 Å². The van der Waals surface area contributed by atoms with Crippen molar-refractivity contribution in [1.82, 2.24) is 0 Å². The molecular formula is C27H24O4. The molecule has 3 aromatic rings. The summed E-state index contributed by atoms with van der Waals surface area (Å²) in [6.45, 7) is 8.32. The Balaban J connectivity index is 1.53. The normalized spacial score (nSPS) is 14.3. The Morgan fingerprint density at radius 2 is 1.68 bits per heavy atom. The number of ketones is 1. The number of rotatable bonds is 3. The standard InChI is InChI=1S/C27H24O4/c1-17-7-5-6-8-21(17)26(29)30-20-13-14-22-23(16-20)31-24(25(22)28)15-18-9-11-19(12-10-18)27(2,3)4/h5-16H,1-4H3/b24-15+. The van der Waals surface area contributed by atoms with Crippen LogP contribution >= 0.6 is 0 Å². The molecule has 0 bridgehead atoms. The minimum Gasteiger partial charge on any atom is -0.452 e. The lowest BCUT2D eigenvalue weighted by Gasteiger charge is -2.18. The zero-order chi connectivity index (χ0) is 22.2. The first-order chi connectivity index (χ1) is 14.7. The van der Waals surface area contributed by atoms with Crippen molar-refractivity contribution >= 4 is 17.8 Å². The van der Waals surface area contributed by atoms with E-state index in [2.05, 4.69) is 32.9 Å². The van der Waals surface area contributed by atoms with Gasteiger partial charge in [-0.1, -0.05) is 63.2 Å². The van der Waals surface area contributed by atoms with Crippen LogP contribution in [0.2, 0.25) is 0 Å². The Hall–Kier alpha value is -3.66. The van der Waals surface area contributed by atoms with Crippen molar-refractivity contribution in [2.24, 2.45) is 0 Å². The maximum atomic E-state index is 12.7. The molecule has 0 saturated heterocycles. The lowest BCUT2D eigenvalue weighted by Crippen LogP contribution is -2.10. The highest BCUT2D eigenvalue weighted by Crippen LogP contribution is 2.35. The molecule has 156 valence electrons. The molecule has 31 heavy (non-hydrogen) atoms. The number of ether oxygens (including phenoxy) is 2. The summed E-state index contributed by atoms with van der Waals surface area (Å²) in [6.07, 6.45) is 1.73. The summed E-state index contributed by atoms with van der Waals surface area (Å²) < 4.78 is 11.3. The topological polar surface area (TPSA) is 52.6 Å². The first kappa shape index (κ1) is 20.6. The highest BCUT2D eigenvalue weighted by Gasteiger charge is 2.28. The summed E-state index contributed by atoms with van der Waals surface area (Å²) in [5, 5.41) is 0. The third-order valence-corrected chi connectivity index (χ3v) is 5.29. The summed E-state index contributed by atoms with van der Waals surface area (Å²) in [4.78, 5) is 25.2. The molecule has 1 heterocycles. The van der Waals surface area contributed by atoms with E-state index in [1.165, 1.54) is 5.56 Å². The molecule has 0 aromatic heterocycles.